The van der Waals surface area contributed by atoms with E-state index in [9.17, 15) is 39.9 Å². The average molecular weight is 483 g/mol. The number of phenolic OH excluding ortho intramolecular Hbond substituents is 1. The van der Waals surface area contributed by atoms with Crippen molar-refractivity contribution >= 4 is 28.7 Å². The summed E-state index contributed by atoms with van der Waals surface area (Å²) < 4.78 is 0. The molecule has 0 bridgehead atoms. The van der Waals surface area contributed by atoms with Crippen molar-refractivity contribution in [2.24, 2.45) is 22.7 Å². The van der Waals surface area contributed by atoms with Gasteiger partial charge in [0.2, 0.25) is 5.78 Å². The summed E-state index contributed by atoms with van der Waals surface area (Å²) in [6.07, 6.45) is -1.72. The standard InChI is InChI=1S/C27H30O8/c1-10(2)18-20(30)16(13(5)28)22(32)27(35)23(33)19-21(31)17-14(29)9-8-11(3)15(17)12(4)25(19,6)24(34)26(18,27)7/h8-10,18,24,29,31-32,34-35H,4H2,1-3,5-7H3/t18?,24-,25+,26+,27+/m1/s1. The first-order valence-corrected chi connectivity index (χ1v) is 11.4. The molecule has 5 atom stereocenters. The number of phenols is 1. The Morgan fingerprint density at radius 1 is 1.09 bits per heavy atom. The van der Waals surface area contributed by atoms with E-state index in [4.69, 9.17) is 0 Å². The minimum absolute atomic E-state index is 0.0854. The van der Waals surface area contributed by atoms with Gasteiger partial charge in [-0.3, -0.25) is 14.4 Å². The van der Waals surface area contributed by atoms with Gasteiger partial charge in [-0.25, -0.2) is 0 Å². The van der Waals surface area contributed by atoms with Crippen LogP contribution < -0.4 is 0 Å². The van der Waals surface area contributed by atoms with Gasteiger partial charge in [-0.2, -0.15) is 0 Å². The van der Waals surface area contributed by atoms with Crippen LogP contribution in [-0.2, 0) is 14.4 Å². The molecule has 0 heterocycles. The second-order valence-electron chi connectivity index (χ2n) is 10.6. The largest absolute Gasteiger partial charge is 0.508 e. The van der Waals surface area contributed by atoms with Gasteiger partial charge in [0, 0.05) is 11.3 Å². The van der Waals surface area contributed by atoms with Crippen molar-refractivity contribution in [3.63, 3.8) is 0 Å². The summed E-state index contributed by atoms with van der Waals surface area (Å²) in [6.45, 7) is 13.0. The molecule has 8 nitrogen and oxygen atoms in total. The Labute approximate surface area is 202 Å². The summed E-state index contributed by atoms with van der Waals surface area (Å²) in [5, 5.41) is 57.0. The quantitative estimate of drug-likeness (QED) is 0.404. The first-order valence-electron chi connectivity index (χ1n) is 11.4. The lowest BCUT2D eigenvalue weighted by Crippen LogP contribution is -2.75. The summed E-state index contributed by atoms with van der Waals surface area (Å²) in [6, 6.07) is 2.94. The minimum atomic E-state index is -2.91. The lowest BCUT2D eigenvalue weighted by atomic mass is 9.41. The maximum Gasteiger partial charge on any atom is 0.203 e. The number of rotatable bonds is 2. The number of aromatic hydroxyl groups is 1. The number of aliphatic hydroxyl groups excluding tert-OH is 3. The first kappa shape index (κ1) is 24.9. The summed E-state index contributed by atoms with van der Waals surface area (Å²) in [7, 11) is 0. The van der Waals surface area contributed by atoms with E-state index in [-0.39, 0.29) is 16.9 Å². The normalized spacial score (nSPS) is 34.7. The number of hydrogen-bond donors (Lipinski definition) is 5. The fourth-order valence-electron chi connectivity index (χ4n) is 6.79. The number of carbonyl (C=O) groups excluding carboxylic acids is 3. The molecular weight excluding hydrogens is 452 g/mol. The number of aryl methyl sites for hydroxylation is 1. The van der Waals surface area contributed by atoms with Gasteiger partial charge in [-0.15, -0.1) is 0 Å². The number of aliphatic hydroxyl groups is 4. The molecule has 1 unspecified atom stereocenters. The van der Waals surface area contributed by atoms with Crippen LogP contribution in [0.25, 0.3) is 11.3 Å². The van der Waals surface area contributed by atoms with Crippen LogP contribution in [0.5, 0.6) is 5.75 Å². The second-order valence-corrected chi connectivity index (χ2v) is 10.6. The molecule has 35 heavy (non-hydrogen) atoms. The molecule has 5 N–H and O–H groups in total. The molecule has 1 aromatic rings. The van der Waals surface area contributed by atoms with Gasteiger partial charge in [-0.05, 0) is 49.5 Å². The molecule has 3 aliphatic carbocycles. The SMILES string of the molecule is C=C1c2c(C)ccc(O)c2C(O)=C2C(=O)[C@@]3(O)C(O)=C(C(C)=O)C(=O)C(C(C)C)[C@@]3(C)[C@H](O)[C@@]12C. The predicted molar refractivity (Wildman–Crippen MR) is 127 cm³/mol. The van der Waals surface area contributed by atoms with E-state index in [0.29, 0.717) is 11.1 Å². The van der Waals surface area contributed by atoms with Crippen LogP contribution in [0, 0.1) is 29.6 Å². The monoisotopic (exact) mass is 482 g/mol. The zero-order valence-electron chi connectivity index (χ0n) is 20.6. The first-order chi connectivity index (χ1) is 16.0. The number of Topliss-reactive ketones (excluding diaryl/α,β-unsaturated/α-hetero) is 3. The molecule has 8 heteroatoms. The number of ketones is 3. The number of carbonyl (C=O) groups is 3. The van der Waals surface area contributed by atoms with Gasteiger partial charge in [0.1, 0.15) is 22.8 Å². The maximum atomic E-state index is 14.2. The second kappa shape index (κ2) is 7.15. The molecule has 4 rings (SSSR count). The molecule has 3 aliphatic rings. The lowest BCUT2D eigenvalue weighted by molar-refractivity contribution is -0.207. The topological polar surface area (TPSA) is 152 Å². The highest BCUT2D eigenvalue weighted by atomic mass is 16.4. The molecule has 1 saturated carbocycles. The van der Waals surface area contributed by atoms with Crippen molar-refractivity contribution in [3.8, 4) is 5.75 Å². The van der Waals surface area contributed by atoms with Crippen molar-refractivity contribution in [2.75, 3.05) is 0 Å². The summed E-state index contributed by atoms with van der Waals surface area (Å²) in [5.74, 6) is -6.75. The van der Waals surface area contributed by atoms with Crippen LogP contribution in [0.15, 0.2) is 35.6 Å². The predicted octanol–water partition coefficient (Wildman–Crippen LogP) is 2.94. The molecule has 186 valence electrons. The Morgan fingerprint density at radius 2 is 1.66 bits per heavy atom. The average Bonchev–Trinajstić information content (AvgIpc) is 2.75. The van der Waals surface area contributed by atoms with E-state index in [1.165, 1.54) is 19.9 Å². The molecule has 0 aromatic heterocycles. The van der Waals surface area contributed by atoms with E-state index in [0.717, 1.165) is 6.92 Å². The molecule has 1 aromatic carbocycles. The van der Waals surface area contributed by atoms with E-state index in [2.05, 4.69) is 6.58 Å². The zero-order chi connectivity index (χ0) is 26.6. The third-order valence-corrected chi connectivity index (χ3v) is 8.54. The summed E-state index contributed by atoms with van der Waals surface area (Å²) >= 11 is 0. The van der Waals surface area contributed by atoms with E-state index in [1.54, 1.807) is 26.8 Å². The Morgan fingerprint density at radius 3 is 2.17 bits per heavy atom. The summed E-state index contributed by atoms with van der Waals surface area (Å²) in [5.41, 5.74) is -6.71. The van der Waals surface area contributed by atoms with Crippen LogP contribution >= 0.6 is 0 Å². The van der Waals surface area contributed by atoms with Crippen LogP contribution in [0.1, 0.15) is 51.3 Å². The van der Waals surface area contributed by atoms with Crippen LogP contribution in [0.2, 0.25) is 0 Å². The Bertz CT molecular complexity index is 1310. The highest BCUT2D eigenvalue weighted by molar-refractivity contribution is 6.25. The molecule has 0 saturated heterocycles. The van der Waals surface area contributed by atoms with Crippen molar-refractivity contribution < 1.29 is 39.9 Å². The molecule has 0 amide bonds. The van der Waals surface area contributed by atoms with E-state index >= 15 is 0 Å². The Hall–Kier alpha value is -3.23. The van der Waals surface area contributed by atoms with Crippen molar-refractivity contribution in [3.05, 3.63) is 52.3 Å². The van der Waals surface area contributed by atoms with Gasteiger partial charge < -0.3 is 25.5 Å². The van der Waals surface area contributed by atoms with Crippen molar-refractivity contribution in [1.82, 2.24) is 0 Å². The van der Waals surface area contributed by atoms with Crippen LogP contribution in [0.4, 0.5) is 0 Å². The number of benzene rings is 1. The van der Waals surface area contributed by atoms with Crippen molar-refractivity contribution in [2.45, 2.75) is 53.2 Å². The molecule has 0 aliphatic heterocycles. The van der Waals surface area contributed by atoms with Gasteiger partial charge in [0.15, 0.2) is 17.2 Å². The zero-order valence-corrected chi connectivity index (χ0v) is 20.6. The number of hydrogen-bond acceptors (Lipinski definition) is 8. The summed E-state index contributed by atoms with van der Waals surface area (Å²) in [4.78, 5) is 40.0. The minimum Gasteiger partial charge on any atom is -0.508 e. The number of allylic oxidation sites excluding steroid dienone is 1. The smallest absolute Gasteiger partial charge is 0.203 e. The van der Waals surface area contributed by atoms with Gasteiger partial charge in [0.05, 0.1) is 22.7 Å². The third kappa shape index (κ3) is 2.51. The molecule has 0 radical (unpaired) electrons. The van der Waals surface area contributed by atoms with E-state index in [1.807, 2.05) is 0 Å². The molecule has 0 spiro atoms. The number of fused-ring (bicyclic) bond motifs is 3. The molecule has 1 fully saturated rings. The third-order valence-electron chi connectivity index (χ3n) is 8.54. The lowest BCUT2D eigenvalue weighted by Gasteiger charge is -2.62. The van der Waals surface area contributed by atoms with E-state index < -0.39 is 74.4 Å². The van der Waals surface area contributed by atoms with Crippen LogP contribution in [0.3, 0.4) is 0 Å². The fourth-order valence-corrected chi connectivity index (χ4v) is 6.79. The fraction of sp³-hybridized carbons (Fsp3) is 0.444. The van der Waals surface area contributed by atoms with Gasteiger partial charge in [-0.1, -0.05) is 33.4 Å². The van der Waals surface area contributed by atoms with Gasteiger partial charge >= 0.3 is 0 Å². The Balaban J connectivity index is 2.21. The highest BCUT2D eigenvalue weighted by Gasteiger charge is 2.76. The Kier molecular flexibility index (Phi) is 5.08. The highest BCUT2D eigenvalue weighted by Crippen LogP contribution is 2.67. The van der Waals surface area contributed by atoms with Gasteiger partial charge in [0.25, 0.3) is 0 Å². The van der Waals surface area contributed by atoms with Crippen LogP contribution in [-0.4, -0.2) is 54.6 Å². The molecular formula is C27H30O8. The van der Waals surface area contributed by atoms with Crippen molar-refractivity contribution in [1.29, 1.82) is 0 Å². The maximum absolute atomic E-state index is 14.2.